The molecule has 0 aliphatic rings. The van der Waals surface area contributed by atoms with Crippen LogP contribution in [0.25, 0.3) is 11.0 Å². The predicted octanol–water partition coefficient (Wildman–Crippen LogP) is 4.00. The summed E-state index contributed by atoms with van der Waals surface area (Å²) in [7, 11) is 0. The molecule has 0 unspecified atom stereocenters. The van der Waals surface area contributed by atoms with Crippen LogP contribution in [0.3, 0.4) is 0 Å². The Labute approximate surface area is 157 Å². The molecule has 1 aromatic heterocycles. The molecule has 1 amide bonds. The lowest BCUT2D eigenvalue weighted by Gasteiger charge is -2.11. The van der Waals surface area contributed by atoms with Crippen LogP contribution < -0.4 is 10.9 Å². The van der Waals surface area contributed by atoms with E-state index in [0.29, 0.717) is 11.3 Å². The molecule has 26 heavy (non-hydrogen) atoms. The van der Waals surface area contributed by atoms with Crippen molar-refractivity contribution < 1.29 is 19.4 Å². The molecule has 0 spiro atoms. The first kappa shape index (κ1) is 18.1. The minimum absolute atomic E-state index is 0.0343. The molecule has 0 saturated carbocycles. The molecule has 0 aliphatic heterocycles. The van der Waals surface area contributed by atoms with Crippen molar-refractivity contribution in [3.63, 3.8) is 0 Å². The fraction of sp³-hybridized carbons (Fsp3) is 0.111. The lowest BCUT2D eigenvalue weighted by Crippen LogP contribution is -2.20. The van der Waals surface area contributed by atoms with Gasteiger partial charge in [-0.15, -0.1) is 0 Å². The second-order valence-corrected chi connectivity index (χ2v) is 6.44. The molecule has 6 nitrogen and oxygen atoms in total. The van der Waals surface area contributed by atoms with E-state index >= 15 is 0 Å². The zero-order valence-corrected chi connectivity index (χ0v) is 15.0. The van der Waals surface area contributed by atoms with Crippen LogP contribution in [0, 0.1) is 6.92 Å². The molecule has 0 aliphatic carbocycles. The number of carbonyl (C=O) groups is 1. The minimum atomic E-state index is -0.729. The van der Waals surface area contributed by atoms with Gasteiger partial charge in [0.2, 0.25) is 5.91 Å². The summed E-state index contributed by atoms with van der Waals surface area (Å²) < 4.78 is 5.13. The van der Waals surface area contributed by atoms with E-state index in [9.17, 15) is 19.8 Å². The van der Waals surface area contributed by atoms with Gasteiger partial charge in [-0.2, -0.15) is 0 Å². The fourth-order valence-electron chi connectivity index (χ4n) is 2.67. The standard InChI is InChI=1S/C18H13Cl2NO5/c1-8-10(7-15(24)21-12-4-2-3-11(19)17(12)20)18(25)26-14-6-9(22)5-13(23)16(8)14/h2-6,22-23H,7H2,1H3,(H,21,24). The first-order valence-electron chi connectivity index (χ1n) is 7.50. The topological polar surface area (TPSA) is 99.8 Å². The number of carbonyl (C=O) groups excluding carboxylic acids is 1. The molecule has 8 heteroatoms. The number of aryl methyl sites for hydroxylation is 1. The number of amides is 1. The zero-order valence-electron chi connectivity index (χ0n) is 13.5. The second-order valence-electron chi connectivity index (χ2n) is 5.66. The monoisotopic (exact) mass is 393 g/mol. The van der Waals surface area contributed by atoms with E-state index in [1.807, 2.05) is 0 Å². The van der Waals surface area contributed by atoms with Gasteiger partial charge < -0.3 is 19.9 Å². The van der Waals surface area contributed by atoms with Crippen molar-refractivity contribution >= 4 is 45.8 Å². The molecule has 2 aromatic carbocycles. The first-order chi connectivity index (χ1) is 12.3. The molecule has 3 N–H and O–H groups in total. The number of anilines is 1. The van der Waals surface area contributed by atoms with Crippen LogP contribution in [0.2, 0.25) is 10.0 Å². The smallest absolute Gasteiger partial charge is 0.340 e. The number of halogens is 2. The van der Waals surface area contributed by atoms with Crippen LogP contribution in [0.5, 0.6) is 11.5 Å². The van der Waals surface area contributed by atoms with E-state index in [0.717, 1.165) is 6.07 Å². The average Bonchev–Trinajstić information content (AvgIpc) is 2.55. The van der Waals surface area contributed by atoms with Gasteiger partial charge in [-0.3, -0.25) is 4.79 Å². The molecule has 0 bridgehead atoms. The van der Waals surface area contributed by atoms with Gasteiger partial charge in [-0.25, -0.2) is 4.79 Å². The molecule has 1 heterocycles. The van der Waals surface area contributed by atoms with Crippen molar-refractivity contribution in [3.05, 3.63) is 61.9 Å². The van der Waals surface area contributed by atoms with Crippen molar-refractivity contribution in [2.45, 2.75) is 13.3 Å². The number of hydrogen-bond donors (Lipinski definition) is 3. The highest BCUT2D eigenvalue weighted by atomic mass is 35.5. The van der Waals surface area contributed by atoms with Gasteiger partial charge in [0.05, 0.1) is 33.1 Å². The summed E-state index contributed by atoms with van der Waals surface area (Å²) >= 11 is 11.9. The molecule has 0 atom stereocenters. The van der Waals surface area contributed by atoms with E-state index < -0.39 is 11.5 Å². The van der Waals surface area contributed by atoms with E-state index in [1.54, 1.807) is 25.1 Å². The third kappa shape index (κ3) is 3.34. The lowest BCUT2D eigenvalue weighted by atomic mass is 10.0. The highest BCUT2D eigenvalue weighted by Gasteiger charge is 2.18. The lowest BCUT2D eigenvalue weighted by molar-refractivity contribution is -0.115. The molecule has 3 rings (SSSR count). The average molecular weight is 394 g/mol. The van der Waals surface area contributed by atoms with Crippen molar-refractivity contribution in [1.29, 1.82) is 0 Å². The quantitative estimate of drug-likeness (QED) is 0.583. The summed E-state index contributed by atoms with van der Waals surface area (Å²) in [6.45, 7) is 1.59. The number of phenolic OH excluding ortho intramolecular Hbond substituents is 2. The van der Waals surface area contributed by atoms with Gasteiger partial charge in [0, 0.05) is 12.1 Å². The van der Waals surface area contributed by atoms with Crippen LogP contribution in [0.15, 0.2) is 39.5 Å². The zero-order chi connectivity index (χ0) is 19.0. The van der Waals surface area contributed by atoms with E-state index in [4.69, 9.17) is 27.6 Å². The summed E-state index contributed by atoms with van der Waals surface area (Å²) in [5.74, 6) is -0.985. The fourth-order valence-corrected chi connectivity index (χ4v) is 3.02. The maximum atomic E-state index is 12.3. The highest BCUT2D eigenvalue weighted by molar-refractivity contribution is 6.44. The highest BCUT2D eigenvalue weighted by Crippen LogP contribution is 2.33. The van der Waals surface area contributed by atoms with Crippen molar-refractivity contribution in [2.24, 2.45) is 0 Å². The van der Waals surface area contributed by atoms with Crippen LogP contribution in [-0.2, 0) is 11.2 Å². The number of rotatable bonds is 3. The van der Waals surface area contributed by atoms with Crippen molar-refractivity contribution in [1.82, 2.24) is 0 Å². The number of fused-ring (bicyclic) bond motifs is 1. The van der Waals surface area contributed by atoms with Gasteiger partial charge >= 0.3 is 5.63 Å². The SMILES string of the molecule is Cc1c(CC(=O)Nc2cccc(Cl)c2Cl)c(=O)oc2cc(O)cc(O)c12. The Morgan fingerprint density at radius 2 is 1.96 bits per heavy atom. The Morgan fingerprint density at radius 1 is 1.23 bits per heavy atom. The largest absolute Gasteiger partial charge is 0.508 e. The van der Waals surface area contributed by atoms with Gasteiger partial charge in [-0.1, -0.05) is 29.3 Å². The predicted molar refractivity (Wildman–Crippen MR) is 99.3 cm³/mol. The van der Waals surface area contributed by atoms with Crippen molar-refractivity contribution in [2.75, 3.05) is 5.32 Å². The molecular formula is C18H13Cl2NO5. The van der Waals surface area contributed by atoms with Gasteiger partial charge in [0.15, 0.2) is 0 Å². The van der Waals surface area contributed by atoms with Crippen LogP contribution in [0.1, 0.15) is 11.1 Å². The minimum Gasteiger partial charge on any atom is -0.508 e. The Kier molecular flexibility index (Phi) is 4.80. The van der Waals surface area contributed by atoms with Gasteiger partial charge in [0.25, 0.3) is 0 Å². The summed E-state index contributed by atoms with van der Waals surface area (Å²) in [6, 6.07) is 7.14. The summed E-state index contributed by atoms with van der Waals surface area (Å²) in [4.78, 5) is 24.6. The number of aromatic hydroxyl groups is 2. The second kappa shape index (κ2) is 6.90. The normalized spacial score (nSPS) is 10.9. The Bertz CT molecular complexity index is 1090. The van der Waals surface area contributed by atoms with E-state index in [-0.39, 0.29) is 44.5 Å². The van der Waals surface area contributed by atoms with Crippen molar-refractivity contribution in [3.8, 4) is 11.5 Å². The van der Waals surface area contributed by atoms with Crippen LogP contribution >= 0.6 is 23.2 Å². The van der Waals surface area contributed by atoms with Gasteiger partial charge in [0.1, 0.15) is 17.1 Å². The Balaban J connectivity index is 1.97. The van der Waals surface area contributed by atoms with E-state index in [1.165, 1.54) is 6.07 Å². The summed E-state index contributed by atoms with van der Waals surface area (Å²) in [5.41, 5.74) is 0.106. The molecule has 134 valence electrons. The third-order valence-corrected chi connectivity index (χ3v) is 4.72. The third-order valence-electron chi connectivity index (χ3n) is 3.91. The number of phenols is 2. The molecule has 0 radical (unpaired) electrons. The number of benzene rings is 2. The summed E-state index contributed by atoms with van der Waals surface area (Å²) in [6.07, 6.45) is -0.284. The Morgan fingerprint density at radius 3 is 2.69 bits per heavy atom. The molecular weight excluding hydrogens is 381 g/mol. The van der Waals surface area contributed by atoms with Gasteiger partial charge in [-0.05, 0) is 24.6 Å². The van der Waals surface area contributed by atoms with Crippen LogP contribution in [0.4, 0.5) is 5.69 Å². The maximum Gasteiger partial charge on any atom is 0.340 e. The Hall–Kier alpha value is -2.70. The first-order valence-corrected chi connectivity index (χ1v) is 8.25. The maximum absolute atomic E-state index is 12.3. The number of nitrogens with one attached hydrogen (secondary N) is 1. The number of hydrogen-bond acceptors (Lipinski definition) is 5. The molecule has 0 fully saturated rings. The molecule has 0 saturated heterocycles. The summed E-state index contributed by atoms with van der Waals surface area (Å²) in [5, 5.41) is 22.9. The van der Waals surface area contributed by atoms with Crippen LogP contribution in [-0.4, -0.2) is 16.1 Å². The molecule has 3 aromatic rings. The van der Waals surface area contributed by atoms with E-state index in [2.05, 4.69) is 5.32 Å².